The lowest BCUT2D eigenvalue weighted by Gasteiger charge is -2.07. The molecule has 11 heteroatoms. The van der Waals surface area contributed by atoms with Gasteiger partial charge in [0.25, 0.3) is 5.56 Å². The number of aromatic nitrogens is 2. The van der Waals surface area contributed by atoms with Crippen LogP contribution in [0, 0.1) is 10.1 Å². The molecule has 0 bridgehead atoms. The highest BCUT2D eigenvalue weighted by atomic mass is 79.9. The van der Waals surface area contributed by atoms with E-state index in [1.165, 1.54) is 6.07 Å². The van der Waals surface area contributed by atoms with Crippen molar-refractivity contribution in [1.82, 2.24) is 9.66 Å². The van der Waals surface area contributed by atoms with Crippen molar-refractivity contribution in [3.05, 3.63) is 96.2 Å². The van der Waals surface area contributed by atoms with Gasteiger partial charge in [-0.05, 0) is 42.5 Å². The Morgan fingerprint density at radius 1 is 1.18 bits per heavy atom. The number of furan rings is 1. The number of nitro benzene ring substituents is 1. The maximum Gasteiger partial charge on any atom is 0.312 e. The summed E-state index contributed by atoms with van der Waals surface area (Å²) in [6.07, 6.45) is 1.11. The Kier molecular flexibility index (Phi) is 5.39. The van der Waals surface area contributed by atoms with Crippen molar-refractivity contribution in [2.75, 3.05) is 0 Å². The second-order valence-electron chi connectivity index (χ2n) is 7.23. The zero-order valence-electron chi connectivity index (χ0n) is 17.0. The quantitative estimate of drug-likeness (QED) is 0.177. The molecule has 0 radical (unpaired) electrons. The average molecular weight is 540 g/mol. The number of halogens is 2. The monoisotopic (exact) mass is 538 g/mol. The molecule has 0 atom stereocenters. The van der Waals surface area contributed by atoms with Crippen molar-refractivity contribution in [2.45, 2.75) is 0 Å². The van der Waals surface area contributed by atoms with E-state index >= 15 is 0 Å². The Morgan fingerprint density at radius 3 is 2.76 bits per heavy atom. The van der Waals surface area contributed by atoms with Crippen LogP contribution in [-0.2, 0) is 0 Å². The Balaban J connectivity index is 1.74. The Labute approximate surface area is 203 Å². The third-order valence-corrected chi connectivity index (χ3v) is 5.76. The van der Waals surface area contributed by atoms with Gasteiger partial charge in [0.15, 0.2) is 5.76 Å². The maximum absolute atomic E-state index is 13.3. The normalized spacial score (nSPS) is 11.6. The van der Waals surface area contributed by atoms with Gasteiger partial charge in [0, 0.05) is 26.5 Å². The minimum Gasteiger partial charge on any atom is -0.502 e. The molecule has 0 spiro atoms. The summed E-state index contributed by atoms with van der Waals surface area (Å²) in [6.45, 7) is 0. The van der Waals surface area contributed by atoms with Gasteiger partial charge in [-0.1, -0.05) is 39.7 Å². The molecule has 5 aromatic rings. The molecule has 2 heterocycles. The Bertz CT molecular complexity index is 1710. The number of hydrogen-bond acceptors (Lipinski definition) is 7. The van der Waals surface area contributed by atoms with Crippen LogP contribution < -0.4 is 5.56 Å². The van der Waals surface area contributed by atoms with Crippen molar-refractivity contribution in [3.8, 4) is 17.3 Å². The molecule has 0 saturated carbocycles. The number of benzene rings is 3. The van der Waals surface area contributed by atoms with Gasteiger partial charge in [-0.3, -0.25) is 14.9 Å². The number of aromatic hydroxyl groups is 1. The SMILES string of the molecule is O=c1c2ccccc2nc(-c2cc3cc(Br)ccc3o2)n1N=Cc1cc(Cl)cc([N+](=O)[O-])c1O. The van der Waals surface area contributed by atoms with E-state index in [2.05, 4.69) is 26.0 Å². The lowest BCUT2D eigenvalue weighted by molar-refractivity contribution is -0.385. The first-order valence-electron chi connectivity index (χ1n) is 9.74. The number of phenols is 1. The van der Waals surface area contributed by atoms with Gasteiger partial charge in [0.2, 0.25) is 11.6 Å². The number of fused-ring (bicyclic) bond motifs is 2. The summed E-state index contributed by atoms with van der Waals surface area (Å²) in [5, 5.41) is 26.8. The van der Waals surface area contributed by atoms with Crippen LogP contribution >= 0.6 is 27.5 Å². The van der Waals surface area contributed by atoms with Gasteiger partial charge in [-0.25, -0.2) is 4.98 Å². The van der Waals surface area contributed by atoms with Crippen LogP contribution in [0.3, 0.4) is 0 Å². The van der Waals surface area contributed by atoms with E-state index in [9.17, 15) is 20.0 Å². The van der Waals surface area contributed by atoms with Crippen LogP contribution in [0.25, 0.3) is 33.5 Å². The summed E-state index contributed by atoms with van der Waals surface area (Å²) in [5.41, 5.74) is -0.0923. The number of para-hydroxylation sites is 1. The molecule has 0 amide bonds. The number of rotatable bonds is 4. The third kappa shape index (κ3) is 3.82. The van der Waals surface area contributed by atoms with E-state index in [-0.39, 0.29) is 22.2 Å². The number of nitrogens with zero attached hydrogens (tertiary/aromatic N) is 4. The van der Waals surface area contributed by atoms with E-state index in [4.69, 9.17) is 16.0 Å². The van der Waals surface area contributed by atoms with Crippen LogP contribution in [-0.4, -0.2) is 25.9 Å². The second kappa shape index (κ2) is 8.40. The molecule has 0 fully saturated rings. The van der Waals surface area contributed by atoms with Crippen LogP contribution in [0.5, 0.6) is 5.75 Å². The van der Waals surface area contributed by atoms with Crippen molar-refractivity contribution in [2.24, 2.45) is 5.10 Å². The second-order valence-corrected chi connectivity index (χ2v) is 8.58. The van der Waals surface area contributed by atoms with E-state index in [1.54, 1.807) is 36.4 Å². The molecule has 1 N–H and O–H groups in total. The Hall–Kier alpha value is -4.02. The fraction of sp³-hybridized carbons (Fsp3) is 0. The first kappa shape index (κ1) is 21.8. The fourth-order valence-electron chi connectivity index (χ4n) is 3.48. The average Bonchev–Trinajstić information content (AvgIpc) is 3.23. The molecule has 3 aromatic carbocycles. The third-order valence-electron chi connectivity index (χ3n) is 5.05. The molecule has 168 valence electrons. The van der Waals surface area contributed by atoms with Gasteiger partial charge >= 0.3 is 5.69 Å². The van der Waals surface area contributed by atoms with Crippen molar-refractivity contribution in [3.63, 3.8) is 0 Å². The van der Waals surface area contributed by atoms with E-state index in [1.807, 2.05) is 12.1 Å². The summed E-state index contributed by atoms with van der Waals surface area (Å²) in [7, 11) is 0. The van der Waals surface area contributed by atoms with Crippen molar-refractivity contribution in [1.29, 1.82) is 0 Å². The summed E-state index contributed by atoms with van der Waals surface area (Å²) in [4.78, 5) is 28.3. The summed E-state index contributed by atoms with van der Waals surface area (Å²) in [6, 6.07) is 16.3. The van der Waals surface area contributed by atoms with Crippen LogP contribution in [0.15, 0.2) is 79.4 Å². The number of nitro groups is 1. The van der Waals surface area contributed by atoms with Gasteiger partial charge < -0.3 is 9.52 Å². The largest absolute Gasteiger partial charge is 0.502 e. The van der Waals surface area contributed by atoms with E-state index in [0.717, 1.165) is 26.8 Å². The minimum absolute atomic E-state index is 0.0259. The molecule has 0 saturated heterocycles. The maximum atomic E-state index is 13.3. The van der Waals surface area contributed by atoms with Crippen molar-refractivity contribution >= 4 is 61.3 Å². The van der Waals surface area contributed by atoms with Crippen LogP contribution in [0.4, 0.5) is 5.69 Å². The molecule has 0 aliphatic carbocycles. The van der Waals surface area contributed by atoms with E-state index in [0.29, 0.717) is 16.5 Å². The highest BCUT2D eigenvalue weighted by Crippen LogP contribution is 2.33. The summed E-state index contributed by atoms with van der Waals surface area (Å²) < 4.78 is 7.79. The fourth-order valence-corrected chi connectivity index (χ4v) is 4.08. The smallest absolute Gasteiger partial charge is 0.312 e. The molecular weight excluding hydrogens is 528 g/mol. The predicted octanol–water partition coefficient (Wildman–Crippen LogP) is 5.72. The molecular formula is C23H12BrClN4O5. The lowest BCUT2D eigenvalue weighted by Crippen LogP contribution is -2.20. The molecule has 5 rings (SSSR count). The van der Waals surface area contributed by atoms with Crippen LogP contribution in [0.1, 0.15) is 5.56 Å². The molecule has 0 aliphatic rings. The molecule has 0 aliphatic heterocycles. The highest BCUT2D eigenvalue weighted by Gasteiger charge is 2.19. The zero-order chi connectivity index (χ0) is 24.0. The molecule has 34 heavy (non-hydrogen) atoms. The van der Waals surface area contributed by atoms with Gasteiger partial charge in [0.05, 0.1) is 22.0 Å². The highest BCUT2D eigenvalue weighted by molar-refractivity contribution is 9.10. The van der Waals surface area contributed by atoms with E-state index < -0.39 is 21.9 Å². The first-order valence-corrected chi connectivity index (χ1v) is 10.9. The van der Waals surface area contributed by atoms with Gasteiger partial charge in [-0.2, -0.15) is 9.78 Å². The topological polar surface area (TPSA) is 124 Å². The summed E-state index contributed by atoms with van der Waals surface area (Å²) >= 11 is 9.38. The number of hydrogen-bond donors (Lipinski definition) is 1. The number of phenolic OH excluding ortho intramolecular Hbond substituents is 1. The zero-order valence-corrected chi connectivity index (χ0v) is 19.3. The molecule has 9 nitrogen and oxygen atoms in total. The van der Waals surface area contributed by atoms with Crippen molar-refractivity contribution < 1.29 is 14.4 Å². The lowest BCUT2D eigenvalue weighted by atomic mass is 10.2. The first-order chi connectivity index (χ1) is 16.3. The van der Waals surface area contributed by atoms with Gasteiger partial charge in [-0.15, -0.1) is 0 Å². The van der Waals surface area contributed by atoms with Gasteiger partial charge in [0.1, 0.15) is 5.58 Å². The van der Waals surface area contributed by atoms with Crippen LogP contribution in [0.2, 0.25) is 5.02 Å². The molecule has 0 unspecified atom stereocenters. The Morgan fingerprint density at radius 2 is 1.97 bits per heavy atom. The summed E-state index contributed by atoms with van der Waals surface area (Å²) in [5.74, 6) is -0.229. The standard InChI is InChI=1S/C23H12BrClN4O5/c24-14-5-6-19-12(7-14)9-20(34-19)22-27-17-4-2-1-3-16(17)23(31)28(22)26-11-13-8-15(25)10-18(21(13)30)29(32)33/h1-11,30H. The predicted molar refractivity (Wildman–Crippen MR) is 132 cm³/mol. The minimum atomic E-state index is -0.764. The molecule has 2 aromatic heterocycles.